The number of amides is 2. The van der Waals surface area contributed by atoms with Crippen LogP contribution in [0.5, 0.6) is 0 Å². The topological polar surface area (TPSA) is 52.7 Å². The third-order valence-electron chi connectivity index (χ3n) is 7.13. The third kappa shape index (κ3) is 6.34. The van der Waals surface area contributed by atoms with Crippen LogP contribution in [0.4, 0.5) is 0 Å². The molecule has 178 valence electrons. The van der Waals surface area contributed by atoms with Crippen molar-refractivity contribution in [1.29, 1.82) is 0 Å². The fraction of sp³-hybridized carbons (Fsp3) is 0.704. The first-order valence-corrected chi connectivity index (χ1v) is 12.6. The van der Waals surface area contributed by atoms with Crippen molar-refractivity contribution in [2.24, 2.45) is 11.8 Å². The Morgan fingerprint density at radius 3 is 2.12 bits per heavy atom. The molecule has 1 saturated heterocycles. The molecule has 2 amide bonds. The van der Waals surface area contributed by atoms with Gasteiger partial charge in [-0.3, -0.25) is 14.5 Å². The molecule has 0 spiro atoms. The number of piperazine rings is 1. The van der Waals surface area contributed by atoms with Crippen molar-refractivity contribution in [2.75, 3.05) is 32.7 Å². The van der Waals surface area contributed by atoms with E-state index in [-0.39, 0.29) is 23.3 Å². The summed E-state index contributed by atoms with van der Waals surface area (Å²) in [5.41, 5.74) is 2.07. The molecule has 0 aromatic heterocycles. The van der Waals surface area contributed by atoms with Gasteiger partial charge in [0.1, 0.15) is 0 Å². The van der Waals surface area contributed by atoms with E-state index in [1.807, 2.05) is 17.0 Å². The van der Waals surface area contributed by atoms with Crippen LogP contribution in [0.25, 0.3) is 0 Å². The second-order valence-electron chi connectivity index (χ2n) is 11.1. The van der Waals surface area contributed by atoms with Gasteiger partial charge in [0.05, 0.1) is 6.04 Å². The number of nitrogens with zero attached hydrogens (tertiary/aromatic N) is 2. The SMILES string of the molecule is CC(C)CCNC(=O)[C@H](C1CCCC1)N1CCN(C(=O)c2ccc(C(C)(C)C)cc2)CC1. The van der Waals surface area contributed by atoms with Crippen LogP contribution >= 0.6 is 0 Å². The minimum absolute atomic E-state index is 0.0482. The highest BCUT2D eigenvalue weighted by Crippen LogP contribution is 2.31. The molecule has 3 rings (SSSR count). The minimum Gasteiger partial charge on any atom is -0.355 e. The van der Waals surface area contributed by atoms with Crippen molar-refractivity contribution in [2.45, 2.75) is 78.2 Å². The molecule has 1 saturated carbocycles. The first-order chi connectivity index (χ1) is 15.2. The summed E-state index contributed by atoms with van der Waals surface area (Å²) in [6.45, 7) is 14.6. The maximum Gasteiger partial charge on any atom is 0.253 e. The van der Waals surface area contributed by atoms with Crippen LogP contribution in [0.15, 0.2) is 24.3 Å². The van der Waals surface area contributed by atoms with Crippen molar-refractivity contribution in [3.05, 3.63) is 35.4 Å². The lowest BCUT2D eigenvalue weighted by molar-refractivity contribution is -0.129. The average Bonchev–Trinajstić information content (AvgIpc) is 3.27. The molecule has 0 unspecified atom stereocenters. The Bertz CT molecular complexity index is 752. The lowest BCUT2D eigenvalue weighted by Gasteiger charge is -2.40. The second kappa shape index (κ2) is 10.8. The molecule has 5 heteroatoms. The van der Waals surface area contributed by atoms with Crippen LogP contribution in [-0.4, -0.2) is 60.4 Å². The molecule has 0 radical (unpaired) electrons. The molecule has 1 aromatic rings. The zero-order valence-electron chi connectivity index (χ0n) is 20.8. The van der Waals surface area contributed by atoms with Crippen LogP contribution < -0.4 is 5.32 Å². The van der Waals surface area contributed by atoms with Gasteiger partial charge in [-0.2, -0.15) is 0 Å². The fourth-order valence-electron chi connectivity index (χ4n) is 5.04. The van der Waals surface area contributed by atoms with E-state index in [2.05, 4.69) is 57.0 Å². The van der Waals surface area contributed by atoms with Gasteiger partial charge < -0.3 is 10.2 Å². The Hall–Kier alpha value is -1.88. The molecule has 5 nitrogen and oxygen atoms in total. The maximum atomic E-state index is 13.1. The summed E-state index contributed by atoms with van der Waals surface area (Å²) < 4.78 is 0. The lowest BCUT2D eigenvalue weighted by atomic mass is 9.86. The van der Waals surface area contributed by atoms with Crippen LogP contribution in [0, 0.1) is 11.8 Å². The molecule has 1 N–H and O–H groups in total. The molecule has 1 heterocycles. The molecular formula is C27H43N3O2. The van der Waals surface area contributed by atoms with Gasteiger partial charge in [0, 0.05) is 38.3 Å². The zero-order chi connectivity index (χ0) is 23.3. The van der Waals surface area contributed by atoms with E-state index in [1.54, 1.807) is 0 Å². The largest absolute Gasteiger partial charge is 0.355 e. The maximum absolute atomic E-state index is 13.1. The van der Waals surface area contributed by atoms with Crippen molar-refractivity contribution in [1.82, 2.24) is 15.1 Å². The van der Waals surface area contributed by atoms with Gasteiger partial charge >= 0.3 is 0 Å². The van der Waals surface area contributed by atoms with E-state index in [9.17, 15) is 9.59 Å². The van der Waals surface area contributed by atoms with E-state index in [0.29, 0.717) is 24.9 Å². The van der Waals surface area contributed by atoms with Crippen LogP contribution in [-0.2, 0) is 10.2 Å². The number of carbonyl (C=O) groups excluding carboxylic acids is 2. The number of hydrogen-bond acceptors (Lipinski definition) is 3. The monoisotopic (exact) mass is 441 g/mol. The summed E-state index contributed by atoms with van der Waals surface area (Å²) in [6.07, 6.45) is 5.75. The van der Waals surface area contributed by atoms with Gasteiger partial charge in [0.15, 0.2) is 0 Å². The highest BCUT2D eigenvalue weighted by Gasteiger charge is 2.37. The summed E-state index contributed by atoms with van der Waals surface area (Å²) in [7, 11) is 0. The normalized spacial score (nSPS) is 19.4. The summed E-state index contributed by atoms with van der Waals surface area (Å²) >= 11 is 0. The zero-order valence-corrected chi connectivity index (χ0v) is 20.8. The summed E-state index contributed by atoms with van der Waals surface area (Å²) in [6, 6.07) is 8.01. The Labute approximate surface area is 194 Å². The molecule has 0 bridgehead atoms. The van der Waals surface area contributed by atoms with Gasteiger partial charge in [-0.15, -0.1) is 0 Å². The fourth-order valence-corrected chi connectivity index (χ4v) is 5.04. The van der Waals surface area contributed by atoms with E-state index >= 15 is 0 Å². The first kappa shape index (κ1) is 24.8. The van der Waals surface area contributed by atoms with Crippen molar-refractivity contribution in [3.63, 3.8) is 0 Å². The van der Waals surface area contributed by atoms with Crippen molar-refractivity contribution in [3.8, 4) is 0 Å². The minimum atomic E-state index is -0.0482. The van der Waals surface area contributed by atoms with E-state index in [4.69, 9.17) is 0 Å². The number of rotatable bonds is 7. The number of benzene rings is 1. The predicted molar refractivity (Wildman–Crippen MR) is 131 cm³/mol. The Morgan fingerprint density at radius 1 is 1.00 bits per heavy atom. The van der Waals surface area contributed by atoms with Gasteiger partial charge in [-0.25, -0.2) is 0 Å². The van der Waals surface area contributed by atoms with Crippen LogP contribution in [0.1, 0.15) is 82.6 Å². The lowest BCUT2D eigenvalue weighted by Crippen LogP contribution is -2.58. The smallest absolute Gasteiger partial charge is 0.253 e. The van der Waals surface area contributed by atoms with Crippen LogP contribution in [0.3, 0.4) is 0 Å². The third-order valence-corrected chi connectivity index (χ3v) is 7.13. The predicted octanol–water partition coefficient (Wildman–Crippen LogP) is 4.46. The van der Waals surface area contributed by atoms with Gasteiger partial charge in [-0.1, -0.05) is 59.6 Å². The molecule has 1 aliphatic carbocycles. The first-order valence-electron chi connectivity index (χ1n) is 12.6. The molecular weight excluding hydrogens is 398 g/mol. The number of carbonyl (C=O) groups is 2. The highest BCUT2D eigenvalue weighted by molar-refractivity contribution is 5.94. The molecule has 2 fully saturated rings. The summed E-state index contributed by atoms with van der Waals surface area (Å²) in [4.78, 5) is 30.5. The molecule has 1 aliphatic heterocycles. The van der Waals surface area contributed by atoms with Crippen molar-refractivity contribution >= 4 is 11.8 Å². The van der Waals surface area contributed by atoms with Crippen LogP contribution in [0.2, 0.25) is 0 Å². The standard InChI is InChI=1S/C27H43N3O2/c1-20(2)14-15-28-25(31)24(21-8-6-7-9-21)29-16-18-30(19-17-29)26(32)22-10-12-23(13-11-22)27(3,4)5/h10-13,20-21,24H,6-9,14-19H2,1-5H3,(H,28,31)/t24-/m0/s1. The average molecular weight is 442 g/mol. The van der Waals surface area contributed by atoms with E-state index < -0.39 is 0 Å². The van der Waals surface area contributed by atoms with Gasteiger partial charge in [-0.05, 0) is 54.2 Å². The Balaban J connectivity index is 1.60. The highest BCUT2D eigenvalue weighted by atomic mass is 16.2. The molecule has 1 aromatic carbocycles. The second-order valence-corrected chi connectivity index (χ2v) is 11.1. The number of nitrogens with one attached hydrogen (secondary N) is 1. The molecule has 1 atom stereocenters. The van der Waals surface area contributed by atoms with Crippen molar-refractivity contribution < 1.29 is 9.59 Å². The molecule has 2 aliphatic rings. The molecule has 32 heavy (non-hydrogen) atoms. The quantitative estimate of drug-likeness (QED) is 0.680. The summed E-state index contributed by atoms with van der Waals surface area (Å²) in [5.74, 6) is 1.33. The summed E-state index contributed by atoms with van der Waals surface area (Å²) in [5, 5.41) is 3.20. The Kier molecular flexibility index (Phi) is 8.37. The van der Waals surface area contributed by atoms with E-state index in [1.165, 1.54) is 18.4 Å². The van der Waals surface area contributed by atoms with E-state index in [0.717, 1.165) is 44.5 Å². The van der Waals surface area contributed by atoms with Gasteiger partial charge in [0.25, 0.3) is 5.91 Å². The van der Waals surface area contributed by atoms with Gasteiger partial charge in [0.2, 0.25) is 5.91 Å². The number of hydrogen-bond donors (Lipinski definition) is 1. The Morgan fingerprint density at radius 2 is 1.59 bits per heavy atom.